The van der Waals surface area contributed by atoms with Gasteiger partial charge < -0.3 is 85.5 Å². The Hall–Kier alpha value is -7.11. The largest absolute Gasteiger partial charge is 0.481 e. The number of guanidine groups is 1. The number of nitrogens with one attached hydrogen (secondary N) is 7. The number of rotatable bonds is 30. The fourth-order valence-corrected chi connectivity index (χ4v) is 6.89. The number of likely N-dealkylation sites (tertiary alicyclic amines) is 1. The summed E-state index contributed by atoms with van der Waals surface area (Å²) >= 11 is 4.13. The standard InChI is InChI=1S/C40H61N13O15S/c41-21(14-20-6-2-1-3-7-20)32(60)50-24(15-29(42)56)35(63)52-26(18-55)36(64)51-25(17-54)33(61)46-16-30(57)47-27(19-69)38(66)53-13-5-9-28(53)37(65)48-22(10-11-31(58)59)34(62)49-23(39(67)68)8-4-12-45-40(43)44/h1-3,6-7,21-28,54-55,69H,4-5,8-19,41H2,(H2,42,56)(H,46,61)(H,47,57)(H,48,65)(H,49,62)(H,50,60)(H,51,64)(H,52,63)(H,58,59)(H,67,68)(H4,43,44,45)/t21-,22-,23-,24-,25-,26-,27-,28-/m0/s1. The number of aliphatic imine (C=N–C) groups is 1. The first kappa shape index (κ1) is 58.0. The third-order valence-corrected chi connectivity index (χ3v) is 10.6. The van der Waals surface area contributed by atoms with E-state index in [1.54, 1.807) is 30.3 Å². The number of nitrogens with zero attached hydrogens (tertiary/aromatic N) is 2. The summed E-state index contributed by atoms with van der Waals surface area (Å²) in [6.07, 6.45) is -1.30. The lowest BCUT2D eigenvalue weighted by molar-refractivity contribution is -0.144. The Morgan fingerprint density at radius 1 is 0.725 bits per heavy atom. The smallest absolute Gasteiger partial charge is 0.326 e. The van der Waals surface area contributed by atoms with Gasteiger partial charge in [-0.2, -0.15) is 12.6 Å². The van der Waals surface area contributed by atoms with Crippen LogP contribution in [0.1, 0.15) is 50.5 Å². The number of hydrogen-bond acceptors (Lipinski definition) is 16. The molecule has 1 aromatic carbocycles. The first-order chi connectivity index (χ1) is 32.6. The monoisotopic (exact) mass is 995 g/mol. The minimum Gasteiger partial charge on any atom is -0.481 e. The molecule has 0 aliphatic carbocycles. The van der Waals surface area contributed by atoms with Crippen LogP contribution in [-0.2, 0) is 59.2 Å². The maximum Gasteiger partial charge on any atom is 0.326 e. The molecule has 69 heavy (non-hydrogen) atoms. The summed E-state index contributed by atoms with van der Waals surface area (Å²) in [5, 5.41) is 54.3. The number of aliphatic hydroxyl groups excluding tert-OH is 2. The van der Waals surface area contributed by atoms with Gasteiger partial charge in [-0.25, -0.2) is 4.79 Å². The van der Waals surface area contributed by atoms with E-state index in [1.807, 2.05) is 0 Å². The highest BCUT2D eigenvalue weighted by molar-refractivity contribution is 7.80. The van der Waals surface area contributed by atoms with Gasteiger partial charge >= 0.3 is 11.9 Å². The first-order valence-corrected chi connectivity index (χ1v) is 22.0. The number of amides is 9. The predicted molar refractivity (Wildman–Crippen MR) is 244 cm³/mol. The molecule has 2 rings (SSSR count). The van der Waals surface area contributed by atoms with Gasteiger partial charge in [-0.05, 0) is 44.1 Å². The number of benzene rings is 1. The highest BCUT2D eigenvalue weighted by Crippen LogP contribution is 2.20. The molecule has 8 atom stereocenters. The summed E-state index contributed by atoms with van der Waals surface area (Å²) in [6.45, 7) is -2.90. The lowest BCUT2D eigenvalue weighted by atomic mass is 10.0. The Labute approximate surface area is 400 Å². The molecule has 1 heterocycles. The van der Waals surface area contributed by atoms with E-state index in [4.69, 9.17) is 22.9 Å². The van der Waals surface area contributed by atoms with E-state index in [0.717, 1.165) is 4.90 Å². The Morgan fingerprint density at radius 2 is 1.30 bits per heavy atom. The predicted octanol–water partition coefficient (Wildman–Crippen LogP) is -7.63. The molecule has 0 saturated carbocycles. The molecule has 0 radical (unpaired) electrons. The lowest BCUT2D eigenvalue weighted by Crippen LogP contribution is -2.60. The van der Waals surface area contributed by atoms with Gasteiger partial charge in [0.25, 0.3) is 0 Å². The highest BCUT2D eigenvalue weighted by atomic mass is 32.1. The molecule has 28 nitrogen and oxygen atoms in total. The van der Waals surface area contributed by atoms with Crippen LogP contribution in [0.25, 0.3) is 0 Å². The summed E-state index contributed by atoms with van der Waals surface area (Å²) in [5.41, 5.74) is 22.5. The van der Waals surface area contributed by atoms with E-state index in [-0.39, 0.29) is 50.5 Å². The van der Waals surface area contributed by atoms with Crippen LogP contribution in [0.5, 0.6) is 0 Å². The van der Waals surface area contributed by atoms with Gasteiger partial charge in [0.15, 0.2) is 5.96 Å². The van der Waals surface area contributed by atoms with E-state index < -0.39 is 152 Å². The number of carboxylic acid groups (broad SMARTS) is 2. The second kappa shape index (κ2) is 29.6. The number of carbonyl (C=O) groups is 11. The molecule has 1 aliphatic rings. The summed E-state index contributed by atoms with van der Waals surface area (Å²) in [4.78, 5) is 145. The number of aliphatic carboxylic acids is 2. The van der Waals surface area contributed by atoms with Crippen LogP contribution in [0.3, 0.4) is 0 Å². The number of carboxylic acids is 2. The normalized spacial score (nSPS) is 16.1. The van der Waals surface area contributed by atoms with Crippen LogP contribution in [0, 0.1) is 0 Å². The maximum atomic E-state index is 13.6. The fourth-order valence-electron chi connectivity index (χ4n) is 6.65. The summed E-state index contributed by atoms with van der Waals surface area (Å²) in [5.74, 6) is -12.3. The van der Waals surface area contributed by atoms with Crippen molar-refractivity contribution in [2.24, 2.45) is 27.9 Å². The molecule has 0 bridgehead atoms. The van der Waals surface area contributed by atoms with Gasteiger partial charge in [-0.1, -0.05) is 30.3 Å². The maximum absolute atomic E-state index is 13.6. The van der Waals surface area contributed by atoms with Crippen LogP contribution in [0.15, 0.2) is 35.3 Å². The van der Waals surface area contributed by atoms with E-state index >= 15 is 0 Å². The minimum atomic E-state index is -1.80. The molecular formula is C40H61N13O15S. The second-order valence-electron chi connectivity index (χ2n) is 15.6. The van der Waals surface area contributed by atoms with Crippen molar-refractivity contribution in [3.63, 3.8) is 0 Å². The van der Waals surface area contributed by atoms with Crippen molar-refractivity contribution in [1.82, 2.24) is 42.1 Å². The number of primary amides is 1. The molecule has 29 heteroatoms. The average molecular weight is 996 g/mol. The zero-order valence-electron chi connectivity index (χ0n) is 37.3. The van der Waals surface area contributed by atoms with Crippen molar-refractivity contribution < 1.29 is 73.2 Å². The molecule has 9 amide bonds. The van der Waals surface area contributed by atoms with Crippen molar-refractivity contribution in [2.75, 3.05) is 38.6 Å². The number of aliphatic hydroxyl groups is 2. The van der Waals surface area contributed by atoms with Crippen molar-refractivity contribution in [1.29, 1.82) is 0 Å². The third kappa shape index (κ3) is 20.3. The number of nitrogens with two attached hydrogens (primary N) is 4. The van der Waals surface area contributed by atoms with Gasteiger partial charge in [0.1, 0.15) is 42.3 Å². The van der Waals surface area contributed by atoms with Crippen molar-refractivity contribution in [2.45, 2.75) is 99.7 Å². The second-order valence-corrected chi connectivity index (χ2v) is 15.9. The Morgan fingerprint density at radius 3 is 1.87 bits per heavy atom. The lowest BCUT2D eigenvalue weighted by Gasteiger charge is -2.29. The molecule has 1 aromatic rings. The molecule has 19 N–H and O–H groups in total. The fraction of sp³-hybridized carbons (Fsp3) is 0.550. The number of carbonyl (C=O) groups excluding carboxylic acids is 9. The molecule has 0 unspecified atom stereocenters. The van der Waals surface area contributed by atoms with Gasteiger partial charge in [0.2, 0.25) is 53.2 Å². The molecule has 1 aliphatic heterocycles. The topological polar surface area (TPSA) is 473 Å². The third-order valence-electron chi connectivity index (χ3n) is 10.2. The summed E-state index contributed by atoms with van der Waals surface area (Å²) < 4.78 is 0. The van der Waals surface area contributed by atoms with Crippen LogP contribution in [0.2, 0.25) is 0 Å². The van der Waals surface area contributed by atoms with E-state index in [0.29, 0.717) is 12.0 Å². The molecule has 382 valence electrons. The zero-order valence-corrected chi connectivity index (χ0v) is 38.2. The van der Waals surface area contributed by atoms with Gasteiger partial charge in [0.05, 0.1) is 32.2 Å². The van der Waals surface area contributed by atoms with Crippen molar-refractivity contribution in [3.8, 4) is 0 Å². The van der Waals surface area contributed by atoms with E-state index in [2.05, 4.69) is 54.8 Å². The zero-order chi connectivity index (χ0) is 51.8. The van der Waals surface area contributed by atoms with Crippen LogP contribution in [-0.4, -0.2) is 183 Å². The van der Waals surface area contributed by atoms with E-state index in [9.17, 15) is 73.2 Å². The van der Waals surface area contributed by atoms with Crippen LogP contribution < -0.4 is 60.2 Å². The van der Waals surface area contributed by atoms with Gasteiger partial charge in [-0.15, -0.1) is 0 Å². The molecule has 1 fully saturated rings. The molecule has 0 spiro atoms. The van der Waals surface area contributed by atoms with Crippen LogP contribution in [0.4, 0.5) is 0 Å². The SMILES string of the molecule is NC(=O)C[C@H](NC(=O)[C@@H](N)Cc1ccccc1)C(=O)N[C@@H](CO)C(=O)N[C@@H](CO)C(=O)NCC(=O)N[C@@H](CS)C(=O)N1CCC[C@H]1C(=O)N[C@@H](CCC(=O)O)C(=O)N[C@@H](CCCN=C(N)N)C(=O)O. The highest BCUT2D eigenvalue weighted by Gasteiger charge is 2.39. The number of thiol groups is 1. The first-order valence-electron chi connectivity index (χ1n) is 21.4. The molecule has 0 aromatic heterocycles. The Balaban J connectivity index is 2.03. The van der Waals surface area contributed by atoms with Crippen molar-refractivity contribution >= 4 is 83.7 Å². The quantitative estimate of drug-likeness (QED) is 0.0147. The molecule has 1 saturated heterocycles. The Kier molecular flexibility index (Phi) is 24.9. The average Bonchev–Trinajstić information content (AvgIpc) is 3.80. The Bertz CT molecular complexity index is 2030. The summed E-state index contributed by atoms with van der Waals surface area (Å²) in [7, 11) is 0. The van der Waals surface area contributed by atoms with Gasteiger partial charge in [0, 0.05) is 25.3 Å². The van der Waals surface area contributed by atoms with Crippen LogP contribution >= 0.6 is 12.6 Å². The van der Waals surface area contributed by atoms with Gasteiger partial charge in [-0.3, -0.25) is 52.9 Å². The molecular weight excluding hydrogens is 935 g/mol. The van der Waals surface area contributed by atoms with Crippen molar-refractivity contribution in [3.05, 3.63) is 35.9 Å². The summed E-state index contributed by atoms with van der Waals surface area (Å²) in [6, 6.07) is -3.36. The minimum absolute atomic E-state index is 0.00714. The number of hydrogen-bond donors (Lipinski definition) is 16. The van der Waals surface area contributed by atoms with E-state index in [1.165, 1.54) is 0 Å².